The average Bonchev–Trinajstić information content (AvgIpc) is 2.53. The van der Waals surface area contributed by atoms with Crippen LogP contribution in [0.4, 0.5) is 0 Å². The first-order valence-electron chi connectivity index (χ1n) is 7.83. The number of hydrogen-bond acceptors (Lipinski definition) is 4. The van der Waals surface area contributed by atoms with Gasteiger partial charge < -0.3 is 9.47 Å². The van der Waals surface area contributed by atoms with E-state index >= 15 is 0 Å². The van der Waals surface area contributed by atoms with Gasteiger partial charge in [0, 0.05) is 18.8 Å². The Morgan fingerprint density at radius 2 is 1.70 bits per heavy atom. The number of carbonyl (C=O) groups excluding carboxylic acids is 2. The number of allylic oxidation sites excluding steroid dienone is 1. The van der Waals surface area contributed by atoms with Crippen LogP contribution >= 0.6 is 0 Å². The topological polar surface area (TPSA) is 55.8 Å². The lowest BCUT2D eigenvalue weighted by Gasteiger charge is -2.34. The molecule has 0 aliphatic rings. The molecule has 0 saturated carbocycles. The highest BCUT2D eigenvalue weighted by molar-refractivity contribution is 5.98. The first-order chi connectivity index (χ1) is 11.1. The van der Waals surface area contributed by atoms with Crippen LogP contribution in [-0.4, -0.2) is 42.8 Å². The minimum Gasteiger partial charge on any atom is -0.359 e. The maximum atomic E-state index is 13.0. The summed E-state index contributed by atoms with van der Waals surface area (Å²) in [5.41, 5.74) is 1.19. The van der Waals surface area contributed by atoms with Crippen LogP contribution in [0.5, 0.6) is 0 Å². The van der Waals surface area contributed by atoms with Crippen molar-refractivity contribution in [1.29, 1.82) is 0 Å². The van der Waals surface area contributed by atoms with E-state index in [0.29, 0.717) is 30.6 Å². The monoisotopic (exact) mass is 319 g/mol. The standard InChI is InChI=1S/C18H25NO4/c1-5-22-14(3)19(15(4)23-6-2)18(21)17-12-8-7-10-16(17)11-9-13-20/h7-15H,5-6H2,1-4H3/b11-9+. The van der Waals surface area contributed by atoms with Gasteiger partial charge in [-0.2, -0.15) is 0 Å². The molecule has 1 aromatic carbocycles. The van der Waals surface area contributed by atoms with Crippen molar-refractivity contribution in [2.75, 3.05) is 13.2 Å². The third-order valence-corrected chi connectivity index (χ3v) is 3.38. The summed E-state index contributed by atoms with van der Waals surface area (Å²) in [5.74, 6) is -0.196. The maximum absolute atomic E-state index is 13.0. The fraction of sp³-hybridized carbons (Fsp3) is 0.444. The van der Waals surface area contributed by atoms with Gasteiger partial charge in [0.15, 0.2) is 0 Å². The molecule has 1 amide bonds. The first-order valence-corrected chi connectivity index (χ1v) is 7.83. The highest BCUT2D eigenvalue weighted by Crippen LogP contribution is 2.18. The van der Waals surface area contributed by atoms with Gasteiger partial charge in [0.25, 0.3) is 5.91 Å². The fourth-order valence-electron chi connectivity index (χ4n) is 2.39. The summed E-state index contributed by atoms with van der Waals surface area (Å²) in [4.78, 5) is 25.1. The predicted molar refractivity (Wildman–Crippen MR) is 89.9 cm³/mol. The van der Waals surface area contributed by atoms with E-state index in [2.05, 4.69) is 0 Å². The summed E-state index contributed by atoms with van der Waals surface area (Å²) >= 11 is 0. The van der Waals surface area contributed by atoms with Gasteiger partial charge in [0.2, 0.25) is 0 Å². The number of benzene rings is 1. The minimum absolute atomic E-state index is 0.196. The Morgan fingerprint density at radius 3 is 2.22 bits per heavy atom. The second kappa shape index (κ2) is 9.92. The molecule has 1 rings (SSSR count). The molecule has 0 heterocycles. The Hall–Kier alpha value is -1.98. The van der Waals surface area contributed by atoms with E-state index in [1.165, 1.54) is 6.08 Å². The van der Waals surface area contributed by atoms with Crippen LogP contribution in [0.15, 0.2) is 30.3 Å². The Balaban J connectivity index is 3.18. The molecule has 23 heavy (non-hydrogen) atoms. The summed E-state index contributed by atoms with van der Waals surface area (Å²) < 4.78 is 11.2. The van der Waals surface area contributed by atoms with E-state index in [1.54, 1.807) is 29.2 Å². The van der Waals surface area contributed by atoms with Crippen molar-refractivity contribution in [3.63, 3.8) is 0 Å². The number of amides is 1. The van der Waals surface area contributed by atoms with Crippen LogP contribution in [0.3, 0.4) is 0 Å². The van der Waals surface area contributed by atoms with E-state index in [4.69, 9.17) is 9.47 Å². The molecule has 5 heteroatoms. The molecule has 2 unspecified atom stereocenters. The zero-order valence-corrected chi connectivity index (χ0v) is 14.2. The molecule has 126 valence electrons. The van der Waals surface area contributed by atoms with Crippen molar-refractivity contribution < 1.29 is 19.1 Å². The largest absolute Gasteiger partial charge is 0.359 e. The van der Waals surface area contributed by atoms with Crippen LogP contribution in [0, 0.1) is 0 Å². The molecule has 0 bridgehead atoms. The van der Waals surface area contributed by atoms with Crippen molar-refractivity contribution in [2.24, 2.45) is 0 Å². The van der Waals surface area contributed by atoms with Crippen LogP contribution < -0.4 is 0 Å². The minimum atomic E-state index is -0.419. The van der Waals surface area contributed by atoms with E-state index in [9.17, 15) is 9.59 Å². The Bertz CT molecular complexity index is 530. The van der Waals surface area contributed by atoms with E-state index in [-0.39, 0.29) is 5.91 Å². The molecule has 0 aliphatic heterocycles. The molecule has 1 aromatic rings. The molecular weight excluding hydrogens is 294 g/mol. The van der Waals surface area contributed by atoms with Gasteiger partial charge in [0.1, 0.15) is 18.7 Å². The molecular formula is C18H25NO4. The molecule has 0 saturated heterocycles. The van der Waals surface area contributed by atoms with Gasteiger partial charge in [-0.25, -0.2) is 0 Å². The molecule has 0 spiro atoms. The summed E-state index contributed by atoms with van der Waals surface area (Å²) in [6, 6.07) is 7.14. The number of ether oxygens (including phenoxy) is 2. The quantitative estimate of drug-likeness (QED) is 0.399. The summed E-state index contributed by atoms with van der Waals surface area (Å²) in [6.45, 7) is 8.39. The zero-order chi connectivity index (χ0) is 17.2. The number of rotatable bonds is 9. The van der Waals surface area contributed by atoms with Crippen molar-refractivity contribution >= 4 is 18.3 Å². The Morgan fingerprint density at radius 1 is 1.13 bits per heavy atom. The first kappa shape index (κ1) is 19.1. The fourth-order valence-corrected chi connectivity index (χ4v) is 2.39. The van der Waals surface area contributed by atoms with Crippen LogP contribution in [0.25, 0.3) is 6.08 Å². The lowest BCUT2D eigenvalue weighted by molar-refractivity contribution is -0.113. The van der Waals surface area contributed by atoms with Gasteiger partial charge >= 0.3 is 0 Å². The third kappa shape index (κ3) is 5.30. The van der Waals surface area contributed by atoms with Gasteiger partial charge in [-0.15, -0.1) is 0 Å². The van der Waals surface area contributed by atoms with Crippen molar-refractivity contribution in [2.45, 2.75) is 40.2 Å². The summed E-state index contributed by atoms with van der Waals surface area (Å²) in [6.07, 6.45) is 2.84. The third-order valence-electron chi connectivity index (χ3n) is 3.38. The van der Waals surface area contributed by atoms with Crippen molar-refractivity contribution in [1.82, 2.24) is 4.90 Å². The average molecular weight is 319 g/mol. The van der Waals surface area contributed by atoms with Crippen LogP contribution in [0.1, 0.15) is 43.6 Å². The van der Waals surface area contributed by atoms with Crippen LogP contribution in [-0.2, 0) is 14.3 Å². The highest BCUT2D eigenvalue weighted by atomic mass is 16.5. The number of carbonyl (C=O) groups is 2. The Kier molecular flexibility index (Phi) is 8.22. The smallest absolute Gasteiger partial charge is 0.258 e. The van der Waals surface area contributed by atoms with E-state index in [1.807, 2.05) is 33.8 Å². The number of aldehydes is 1. The predicted octanol–water partition coefficient (Wildman–Crippen LogP) is 3.11. The normalized spacial score (nSPS) is 13.7. The SMILES string of the molecule is CCOC(C)N(C(=O)c1ccccc1/C=C/C=O)C(C)OCC. The molecule has 0 aromatic heterocycles. The summed E-state index contributed by atoms with van der Waals surface area (Å²) in [5, 5.41) is 0. The van der Waals surface area contributed by atoms with E-state index < -0.39 is 12.5 Å². The molecule has 5 nitrogen and oxygen atoms in total. The molecule has 0 N–H and O–H groups in total. The second-order valence-electron chi connectivity index (χ2n) is 4.90. The van der Waals surface area contributed by atoms with Gasteiger partial charge in [-0.1, -0.05) is 24.3 Å². The number of nitrogens with zero attached hydrogens (tertiary/aromatic N) is 1. The van der Waals surface area contributed by atoms with E-state index in [0.717, 1.165) is 0 Å². The van der Waals surface area contributed by atoms with Crippen molar-refractivity contribution in [3.8, 4) is 0 Å². The Labute approximate surface area is 137 Å². The maximum Gasteiger partial charge on any atom is 0.258 e. The van der Waals surface area contributed by atoms with Crippen molar-refractivity contribution in [3.05, 3.63) is 41.5 Å². The molecule has 2 atom stereocenters. The number of hydrogen-bond donors (Lipinski definition) is 0. The molecule has 0 fully saturated rings. The zero-order valence-electron chi connectivity index (χ0n) is 14.2. The molecule has 0 aliphatic carbocycles. The van der Waals surface area contributed by atoms with Crippen LogP contribution in [0.2, 0.25) is 0 Å². The molecule has 0 radical (unpaired) electrons. The van der Waals surface area contributed by atoms with Gasteiger partial charge in [0.05, 0.1) is 0 Å². The highest BCUT2D eigenvalue weighted by Gasteiger charge is 2.28. The van der Waals surface area contributed by atoms with Gasteiger partial charge in [-0.05, 0) is 45.4 Å². The van der Waals surface area contributed by atoms with Gasteiger partial charge in [-0.3, -0.25) is 14.5 Å². The lowest BCUT2D eigenvalue weighted by atomic mass is 10.1. The summed E-state index contributed by atoms with van der Waals surface area (Å²) in [7, 11) is 0. The lowest BCUT2D eigenvalue weighted by Crippen LogP contribution is -2.47. The second-order valence-corrected chi connectivity index (χ2v) is 4.90.